The topological polar surface area (TPSA) is 70.1 Å². The van der Waals surface area contributed by atoms with Gasteiger partial charge >= 0.3 is 0 Å². The van der Waals surface area contributed by atoms with Crippen molar-refractivity contribution in [3.8, 4) is 0 Å². The monoisotopic (exact) mass is 313 g/mol. The van der Waals surface area contributed by atoms with E-state index in [2.05, 4.69) is 30.2 Å². The average Bonchev–Trinajstić information content (AvgIpc) is 2.56. The molecule has 23 heavy (non-hydrogen) atoms. The zero-order chi connectivity index (χ0) is 16.2. The van der Waals surface area contributed by atoms with E-state index in [0.717, 1.165) is 49.1 Å². The van der Waals surface area contributed by atoms with Crippen molar-refractivity contribution in [1.82, 2.24) is 19.9 Å². The fourth-order valence-corrected chi connectivity index (χ4v) is 2.83. The molecule has 7 nitrogen and oxygen atoms in total. The molecule has 3 heterocycles. The summed E-state index contributed by atoms with van der Waals surface area (Å²) < 4.78 is 0. The van der Waals surface area contributed by atoms with Gasteiger partial charge in [-0.1, -0.05) is 0 Å². The number of piperidine rings is 1. The third-order valence-electron chi connectivity index (χ3n) is 4.11. The van der Waals surface area contributed by atoms with Crippen molar-refractivity contribution < 1.29 is 0 Å². The highest BCUT2D eigenvalue weighted by Gasteiger charge is 2.21. The van der Waals surface area contributed by atoms with Crippen molar-refractivity contribution in [2.45, 2.75) is 25.8 Å². The molecule has 0 atom stereocenters. The molecule has 1 aliphatic rings. The molecule has 1 fully saturated rings. The van der Waals surface area contributed by atoms with Crippen LogP contribution in [-0.4, -0.2) is 53.2 Å². The minimum Gasteiger partial charge on any atom is -0.367 e. The number of aryl methyl sites for hydroxylation is 1. The number of anilines is 3. The molecule has 0 unspecified atom stereocenters. The Morgan fingerprint density at radius 1 is 1.09 bits per heavy atom. The Bertz CT molecular complexity index is 650. The first kappa shape index (κ1) is 15.5. The van der Waals surface area contributed by atoms with Crippen LogP contribution in [0.4, 0.5) is 17.5 Å². The Morgan fingerprint density at radius 2 is 1.83 bits per heavy atom. The summed E-state index contributed by atoms with van der Waals surface area (Å²) in [6, 6.07) is 2.41. The molecule has 1 aliphatic heterocycles. The second-order valence-corrected chi connectivity index (χ2v) is 6.03. The predicted molar refractivity (Wildman–Crippen MR) is 92.0 cm³/mol. The van der Waals surface area contributed by atoms with Gasteiger partial charge in [-0.3, -0.25) is 4.98 Å². The summed E-state index contributed by atoms with van der Waals surface area (Å²) in [5.74, 6) is 2.80. The summed E-state index contributed by atoms with van der Waals surface area (Å²) >= 11 is 0. The van der Waals surface area contributed by atoms with Crippen LogP contribution >= 0.6 is 0 Å². The van der Waals surface area contributed by atoms with Crippen molar-refractivity contribution in [2.75, 3.05) is 42.3 Å². The van der Waals surface area contributed by atoms with E-state index in [-0.39, 0.29) is 0 Å². The smallest absolute Gasteiger partial charge is 0.150 e. The van der Waals surface area contributed by atoms with E-state index >= 15 is 0 Å². The summed E-state index contributed by atoms with van der Waals surface area (Å²) in [7, 11) is 3.96. The van der Waals surface area contributed by atoms with Gasteiger partial charge in [-0.25, -0.2) is 15.0 Å². The summed E-state index contributed by atoms with van der Waals surface area (Å²) in [5, 5.41) is 3.52. The van der Waals surface area contributed by atoms with Gasteiger partial charge in [0.1, 0.15) is 23.8 Å². The van der Waals surface area contributed by atoms with Gasteiger partial charge in [-0.15, -0.1) is 0 Å². The van der Waals surface area contributed by atoms with Crippen molar-refractivity contribution in [3.05, 3.63) is 30.5 Å². The second-order valence-electron chi connectivity index (χ2n) is 6.03. The van der Waals surface area contributed by atoms with Gasteiger partial charge in [0.15, 0.2) is 0 Å². The van der Waals surface area contributed by atoms with Gasteiger partial charge in [-0.05, 0) is 19.8 Å². The van der Waals surface area contributed by atoms with Crippen LogP contribution in [0.25, 0.3) is 0 Å². The third kappa shape index (κ3) is 3.67. The number of nitrogens with one attached hydrogen (secondary N) is 1. The van der Waals surface area contributed by atoms with Crippen molar-refractivity contribution in [3.63, 3.8) is 0 Å². The van der Waals surface area contributed by atoms with Crippen LogP contribution in [-0.2, 0) is 0 Å². The first-order chi connectivity index (χ1) is 11.1. The molecule has 3 rings (SSSR count). The molecule has 2 aromatic heterocycles. The molecule has 7 heteroatoms. The molecule has 0 aromatic carbocycles. The second kappa shape index (κ2) is 6.76. The predicted octanol–water partition coefficient (Wildman–Crippen LogP) is 1.72. The molecule has 0 amide bonds. The number of nitrogens with zero attached hydrogens (tertiary/aromatic N) is 6. The quantitative estimate of drug-likeness (QED) is 0.921. The first-order valence-corrected chi connectivity index (χ1v) is 7.92. The van der Waals surface area contributed by atoms with Crippen LogP contribution in [0.15, 0.2) is 24.8 Å². The fourth-order valence-electron chi connectivity index (χ4n) is 2.83. The Balaban J connectivity index is 1.59. The minimum atomic E-state index is 0.424. The zero-order valence-electron chi connectivity index (χ0n) is 13.9. The van der Waals surface area contributed by atoms with E-state index in [9.17, 15) is 0 Å². The molecule has 0 radical (unpaired) electrons. The number of hydrogen-bond donors (Lipinski definition) is 1. The Kier molecular flexibility index (Phi) is 4.55. The molecule has 1 N–H and O–H groups in total. The molecule has 0 aliphatic carbocycles. The van der Waals surface area contributed by atoms with E-state index in [0.29, 0.717) is 6.04 Å². The van der Waals surface area contributed by atoms with Crippen molar-refractivity contribution in [2.24, 2.45) is 0 Å². The molecule has 122 valence electrons. The highest BCUT2D eigenvalue weighted by molar-refractivity contribution is 5.48. The van der Waals surface area contributed by atoms with Crippen LogP contribution in [0.1, 0.15) is 18.5 Å². The van der Waals surface area contributed by atoms with Crippen LogP contribution < -0.4 is 15.1 Å². The van der Waals surface area contributed by atoms with Crippen LogP contribution in [0.5, 0.6) is 0 Å². The van der Waals surface area contributed by atoms with Crippen LogP contribution in [0, 0.1) is 6.92 Å². The molecular weight excluding hydrogens is 290 g/mol. The lowest BCUT2D eigenvalue weighted by molar-refractivity contribution is 0.521. The first-order valence-electron chi connectivity index (χ1n) is 7.92. The lowest BCUT2D eigenvalue weighted by Gasteiger charge is -2.33. The normalized spacial score (nSPS) is 15.5. The summed E-state index contributed by atoms with van der Waals surface area (Å²) in [6.07, 6.45) is 7.21. The maximum Gasteiger partial charge on any atom is 0.150 e. The lowest BCUT2D eigenvalue weighted by Crippen LogP contribution is -2.40. The van der Waals surface area contributed by atoms with Gasteiger partial charge in [-0.2, -0.15) is 0 Å². The highest BCUT2D eigenvalue weighted by atomic mass is 15.2. The van der Waals surface area contributed by atoms with E-state index in [1.165, 1.54) is 0 Å². The zero-order valence-corrected chi connectivity index (χ0v) is 13.9. The molecule has 0 saturated carbocycles. The maximum absolute atomic E-state index is 4.46. The summed E-state index contributed by atoms with van der Waals surface area (Å²) in [6.45, 7) is 3.96. The number of rotatable bonds is 4. The van der Waals surface area contributed by atoms with E-state index in [1.54, 1.807) is 18.7 Å². The summed E-state index contributed by atoms with van der Waals surface area (Å²) in [4.78, 5) is 21.6. The largest absolute Gasteiger partial charge is 0.367 e. The fraction of sp³-hybridized carbons (Fsp3) is 0.500. The molecule has 2 aromatic rings. The van der Waals surface area contributed by atoms with E-state index in [4.69, 9.17) is 0 Å². The summed E-state index contributed by atoms with van der Waals surface area (Å²) in [5.41, 5.74) is 0.991. The molecule has 1 saturated heterocycles. The third-order valence-corrected chi connectivity index (χ3v) is 4.11. The van der Waals surface area contributed by atoms with E-state index in [1.807, 2.05) is 32.0 Å². The Morgan fingerprint density at radius 3 is 2.52 bits per heavy atom. The van der Waals surface area contributed by atoms with Crippen LogP contribution in [0.3, 0.4) is 0 Å². The van der Waals surface area contributed by atoms with Crippen molar-refractivity contribution in [1.29, 1.82) is 0 Å². The van der Waals surface area contributed by atoms with Crippen molar-refractivity contribution >= 4 is 17.5 Å². The lowest BCUT2D eigenvalue weighted by atomic mass is 10.0. The van der Waals surface area contributed by atoms with Gasteiger partial charge in [0.2, 0.25) is 0 Å². The van der Waals surface area contributed by atoms with Gasteiger partial charge in [0.25, 0.3) is 0 Å². The van der Waals surface area contributed by atoms with Gasteiger partial charge in [0.05, 0.1) is 5.69 Å². The number of hydrogen-bond acceptors (Lipinski definition) is 7. The number of aromatic nitrogens is 4. The molecule has 0 spiro atoms. The highest BCUT2D eigenvalue weighted by Crippen LogP contribution is 2.22. The van der Waals surface area contributed by atoms with Gasteiger partial charge in [0, 0.05) is 51.7 Å². The van der Waals surface area contributed by atoms with Gasteiger partial charge < -0.3 is 15.1 Å². The standard InChI is InChI=1S/C16H23N7/c1-12-16(18-7-6-17-12)23-8-4-13(5-9-23)21-14-10-15(22(2)3)20-11-19-14/h6-7,10-11,13H,4-5,8-9H2,1-3H3,(H,19,20,21). The molecular formula is C16H23N7. The van der Waals surface area contributed by atoms with Crippen LogP contribution in [0.2, 0.25) is 0 Å². The SMILES string of the molecule is Cc1nccnc1N1CCC(Nc2cc(N(C)C)ncn2)CC1. The maximum atomic E-state index is 4.46. The average molecular weight is 313 g/mol. The Hall–Kier alpha value is -2.44. The van der Waals surface area contributed by atoms with E-state index < -0.39 is 0 Å². The molecule has 0 bridgehead atoms. The Labute approximate surface area is 136 Å². The minimum absolute atomic E-state index is 0.424.